The molecule has 6 heteroatoms. The van der Waals surface area contributed by atoms with E-state index in [4.69, 9.17) is 4.74 Å². The Labute approximate surface area is 112 Å². The van der Waals surface area contributed by atoms with E-state index in [1.165, 1.54) is 13.2 Å². The monoisotopic (exact) mass is 313 g/mol. The van der Waals surface area contributed by atoms with Gasteiger partial charge in [-0.25, -0.2) is 0 Å². The van der Waals surface area contributed by atoms with Crippen molar-refractivity contribution in [2.24, 2.45) is 0 Å². The number of ether oxygens (including phenoxy) is 1. The zero-order chi connectivity index (χ0) is 13.3. The maximum Gasteiger partial charge on any atom is 0.312 e. The minimum absolute atomic E-state index is 0.0579. The summed E-state index contributed by atoms with van der Waals surface area (Å²) in [6.45, 7) is 0. The van der Waals surface area contributed by atoms with Crippen molar-refractivity contribution in [3.05, 3.63) is 31.8 Å². The Morgan fingerprint density at radius 3 is 2.44 bits per heavy atom. The smallest absolute Gasteiger partial charge is 0.312 e. The first-order chi connectivity index (χ1) is 8.54. The highest BCUT2D eigenvalue weighted by Crippen LogP contribution is 2.40. The minimum atomic E-state index is -0.462. The first kappa shape index (κ1) is 13.0. The number of rotatable bonds is 2. The summed E-state index contributed by atoms with van der Waals surface area (Å²) in [6.07, 6.45) is 1.99. The Balaban J connectivity index is 2.63. The molecule has 0 bridgehead atoms. The summed E-state index contributed by atoms with van der Waals surface area (Å²) < 4.78 is 5.86. The van der Waals surface area contributed by atoms with E-state index < -0.39 is 4.92 Å². The van der Waals surface area contributed by atoms with Crippen LogP contribution < -0.4 is 4.74 Å². The second-order valence-corrected chi connectivity index (χ2v) is 5.02. The summed E-state index contributed by atoms with van der Waals surface area (Å²) in [4.78, 5) is 22.0. The van der Waals surface area contributed by atoms with Gasteiger partial charge < -0.3 is 4.74 Å². The van der Waals surface area contributed by atoms with Crippen LogP contribution in [0.25, 0.3) is 0 Å². The normalized spacial score (nSPS) is 14.9. The van der Waals surface area contributed by atoms with Gasteiger partial charge in [-0.3, -0.25) is 14.9 Å². The van der Waals surface area contributed by atoms with Crippen LogP contribution in [0.3, 0.4) is 0 Å². The third-order valence-corrected chi connectivity index (χ3v) is 3.84. The number of nitro benzene ring substituents is 1. The average molecular weight is 314 g/mol. The summed E-state index contributed by atoms with van der Waals surface area (Å²) in [5.74, 6) is 0.468. The van der Waals surface area contributed by atoms with Crippen molar-refractivity contribution < 1.29 is 14.5 Å². The van der Waals surface area contributed by atoms with Crippen molar-refractivity contribution in [2.75, 3.05) is 7.11 Å². The van der Waals surface area contributed by atoms with Gasteiger partial charge in [0.15, 0.2) is 5.75 Å². The van der Waals surface area contributed by atoms with Gasteiger partial charge in [-0.2, -0.15) is 0 Å². The first-order valence-corrected chi connectivity index (χ1v) is 6.38. The van der Waals surface area contributed by atoms with Crippen LogP contribution in [0.15, 0.2) is 10.5 Å². The van der Waals surface area contributed by atoms with Crippen molar-refractivity contribution >= 4 is 27.4 Å². The van der Waals surface area contributed by atoms with E-state index in [2.05, 4.69) is 15.9 Å². The van der Waals surface area contributed by atoms with Gasteiger partial charge >= 0.3 is 5.69 Å². The fourth-order valence-corrected chi connectivity index (χ4v) is 2.91. The number of halogens is 1. The molecule has 0 aliphatic heterocycles. The Morgan fingerprint density at radius 2 is 1.89 bits per heavy atom. The molecule has 1 aromatic carbocycles. The lowest BCUT2D eigenvalue weighted by atomic mass is 10.0. The molecule has 0 N–H and O–H groups in total. The van der Waals surface area contributed by atoms with E-state index in [1.807, 2.05) is 0 Å². The van der Waals surface area contributed by atoms with Crippen molar-refractivity contribution in [1.29, 1.82) is 0 Å². The van der Waals surface area contributed by atoms with Gasteiger partial charge in [-0.15, -0.1) is 0 Å². The van der Waals surface area contributed by atoms with Crippen LogP contribution >= 0.6 is 15.9 Å². The predicted octanol–water partition coefficient (Wildman–Crippen LogP) is 2.81. The fraction of sp³-hybridized carbons (Fsp3) is 0.417. The highest BCUT2D eigenvalue weighted by molar-refractivity contribution is 9.10. The largest absolute Gasteiger partial charge is 0.490 e. The van der Waals surface area contributed by atoms with Crippen LogP contribution in [0.5, 0.6) is 5.75 Å². The Morgan fingerprint density at radius 1 is 1.28 bits per heavy atom. The maximum absolute atomic E-state index is 11.5. The molecule has 0 saturated heterocycles. The summed E-state index contributed by atoms with van der Waals surface area (Å²) in [5, 5.41) is 11.0. The quantitative estimate of drug-likeness (QED) is 0.478. The molecule has 1 aliphatic carbocycles. The van der Waals surface area contributed by atoms with Crippen LogP contribution in [-0.4, -0.2) is 17.8 Å². The number of ketones is 1. The first-order valence-electron chi connectivity index (χ1n) is 5.59. The number of benzene rings is 1. The fourth-order valence-electron chi connectivity index (χ4n) is 2.26. The number of carbonyl (C=O) groups is 1. The summed E-state index contributed by atoms with van der Waals surface area (Å²) in [5.41, 5.74) is 1.67. The van der Waals surface area contributed by atoms with Gasteiger partial charge in [-0.05, 0) is 18.4 Å². The topological polar surface area (TPSA) is 69.4 Å². The van der Waals surface area contributed by atoms with Crippen LogP contribution in [0.4, 0.5) is 5.69 Å². The summed E-state index contributed by atoms with van der Waals surface area (Å²) >= 11 is 3.35. The molecule has 2 rings (SSSR count). The molecule has 5 nitrogen and oxygen atoms in total. The van der Waals surface area contributed by atoms with Gasteiger partial charge in [0.1, 0.15) is 5.78 Å². The number of fused-ring (bicyclic) bond motifs is 1. The SMILES string of the molecule is COc1c([N+](=O)[O-])cc(Br)c2c1CCC(=O)CC2. The van der Waals surface area contributed by atoms with E-state index in [-0.39, 0.29) is 17.2 Å². The molecule has 0 unspecified atom stereocenters. The number of methoxy groups -OCH3 is 1. The lowest BCUT2D eigenvalue weighted by Crippen LogP contribution is -2.02. The lowest BCUT2D eigenvalue weighted by Gasteiger charge is -2.13. The molecule has 18 heavy (non-hydrogen) atoms. The molecule has 1 aromatic rings. The van der Waals surface area contributed by atoms with Crippen LogP contribution in [0.1, 0.15) is 24.0 Å². The summed E-state index contributed by atoms with van der Waals surface area (Å²) in [7, 11) is 1.42. The molecular formula is C12H12BrNO4. The molecule has 0 aromatic heterocycles. The zero-order valence-electron chi connectivity index (χ0n) is 9.86. The van der Waals surface area contributed by atoms with Crippen LogP contribution in [0.2, 0.25) is 0 Å². The predicted molar refractivity (Wildman–Crippen MR) is 69.0 cm³/mol. The van der Waals surface area contributed by atoms with Gasteiger partial charge in [0.2, 0.25) is 0 Å². The Bertz CT molecular complexity index is 527. The number of nitrogens with zero attached hydrogens (tertiary/aromatic N) is 1. The van der Waals surface area contributed by atoms with E-state index >= 15 is 0 Å². The average Bonchev–Trinajstić information content (AvgIpc) is 2.52. The Kier molecular flexibility index (Phi) is 3.65. The van der Waals surface area contributed by atoms with Crippen molar-refractivity contribution in [3.8, 4) is 5.75 Å². The molecule has 0 atom stereocenters. The summed E-state index contributed by atoms with van der Waals surface area (Å²) in [6, 6.07) is 1.45. The van der Waals surface area contributed by atoms with Gasteiger partial charge in [-0.1, -0.05) is 15.9 Å². The molecule has 0 fully saturated rings. The van der Waals surface area contributed by atoms with Gasteiger partial charge in [0.05, 0.1) is 12.0 Å². The number of hydrogen-bond donors (Lipinski definition) is 0. The molecule has 0 spiro atoms. The second-order valence-electron chi connectivity index (χ2n) is 4.16. The molecule has 0 saturated carbocycles. The van der Waals surface area contributed by atoms with Crippen LogP contribution in [-0.2, 0) is 17.6 Å². The number of carbonyl (C=O) groups excluding carboxylic acids is 1. The number of hydrogen-bond acceptors (Lipinski definition) is 4. The van der Waals surface area contributed by atoms with Gasteiger partial charge in [0, 0.05) is 28.9 Å². The maximum atomic E-state index is 11.5. The highest BCUT2D eigenvalue weighted by Gasteiger charge is 2.26. The van der Waals surface area contributed by atoms with Crippen molar-refractivity contribution in [1.82, 2.24) is 0 Å². The number of nitro groups is 1. The molecule has 96 valence electrons. The van der Waals surface area contributed by atoms with E-state index in [9.17, 15) is 14.9 Å². The Hall–Kier alpha value is -1.43. The molecule has 0 amide bonds. The van der Waals surface area contributed by atoms with Crippen molar-refractivity contribution in [2.45, 2.75) is 25.7 Å². The molecule has 1 aliphatic rings. The third-order valence-electron chi connectivity index (χ3n) is 3.13. The standard InChI is InChI=1S/C12H12BrNO4/c1-18-12-9-5-3-7(15)2-4-8(9)10(13)6-11(12)14(16)17/h6H,2-5H2,1H3. The third kappa shape index (κ3) is 2.25. The number of Topliss-reactive ketones (excluding diaryl/α,β-unsaturated/α-hetero) is 1. The zero-order valence-corrected chi connectivity index (χ0v) is 11.4. The van der Waals surface area contributed by atoms with Gasteiger partial charge in [0.25, 0.3) is 0 Å². The highest BCUT2D eigenvalue weighted by atomic mass is 79.9. The van der Waals surface area contributed by atoms with E-state index in [0.29, 0.717) is 30.2 Å². The van der Waals surface area contributed by atoms with E-state index in [1.54, 1.807) is 0 Å². The van der Waals surface area contributed by atoms with Crippen LogP contribution in [0, 0.1) is 10.1 Å². The van der Waals surface area contributed by atoms with Crippen molar-refractivity contribution in [3.63, 3.8) is 0 Å². The molecule has 0 heterocycles. The lowest BCUT2D eigenvalue weighted by molar-refractivity contribution is -0.385. The minimum Gasteiger partial charge on any atom is -0.490 e. The molecular weight excluding hydrogens is 302 g/mol. The van der Waals surface area contributed by atoms with E-state index in [0.717, 1.165) is 11.1 Å². The molecule has 0 radical (unpaired) electrons. The second kappa shape index (κ2) is 5.06.